The predicted octanol–water partition coefficient (Wildman–Crippen LogP) is 6.08. The summed E-state index contributed by atoms with van der Waals surface area (Å²) >= 11 is 0. The molecule has 0 aliphatic carbocycles. The molecule has 0 radical (unpaired) electrons. The summed E-state index contributed by atoms with van der Waals surface area (Å²) in [5.41, 5.74) is -3.71. The second kappa shape index (κ2) is 9.43. The number of nitrogens with zero attached hydrogens (tertiary/aromatic N) is 1. The van der Waals surface area contributed by atoms with Crippen molar-refractivity contribution < 1.29 is 35.9 Å². The summed E-state index contributed by atoms with van der Waals surface area (Å²) < 4.78 is 84.2. The Labute approximate surface area is 220 Å². The first-order chi connectivity index (χ1) is 17.6. The van der Waals surface area contributed by atoms with Gasteiger partial charge in [-0.05, 0) is 59.4 Å². The van der Waals surface area contributed by atoms with Gasteiger partial charge >= 0.3 is 17.9 Å². The van der Waals surface area contributed by atoms with Crippen molar-refractivity contribution >= 4 is 16.0 Å². The minimum Gasteiger partial charge on any atom is -0.497 e. The molecule has 3 aromatic carbocycles. The molecule has 1 aliphatic heterocycles. The van der Waals surface area contributed by atoms with E-state index in [1.807, 2.05) is 0 Å². The Kier molecular flexibility index (Phi) is 6.86. The van der Waals surface area contributed by atoms with E-state index in [1.54, 1.807) is 52.0 Å². The smallest absolute Gasteiger partial charge is 0.449 e. The summed E-state index contributed by atoms with van der Waals surface area (Å²) in [4.78, 5) is 12.7. The molecule has 0 saturated heterocycles. The lowest BCUT2D eigenvalue weighted by molar-refractivity contribution is -0.303. The van der Waals surface area contributed by atoms with E-state index in [1.165, 1.54) is 43.5 Å². The van der Waals surface area contributed by atoms with E-state index in [0.717, 1.165) is 6.07 Å². The molecular weight excluding hydrogens is 519 g/mol. The van der Waals surface area contributed by atoms with Crippen LogP contribution in [0.15, 0.2) is 71.6 Å². The minimum atomic E-state index is -5.33. The monoisotopic (exact) mass is 547 g/mol. The zero-order valence-electron chi connectivity index (χ0n) is 21.6. The normalized spacial score (nSPS) is 19.2. The molecule has 0 aromatic heterocycles. The van der Waals surface area contributed by atoms with Crippen molar-refractivity contribution in [3.63, 3.8) is 0 Å². The van der Waals surface area contributed by atoms with Gasteiger partial charge in [0.1, 0.15) is 5.75 Å². The summed E-state index contributed by atoms with van der Waals surface area (Å²) in [7, 11) is -3.40. The maximum Gasteiger partial charge on any atom is 0.449 e. The maximum absolute atomic E-state index is 15.3. The number of carbonyl (C=O) groups excluding carboxylic acids is 1. The fourth-order valence-corrected chi connectivity index (χ4v) is 6.29. The van der Waals surface area contributed by atoms with E-state index >= 15 is 13.2 Å². The summed E-state index contributed by atoms with van der Waals surface area (Å²) in [6.07, 6.45) is -5.33. The quantitative estimate of drug-likeness (QED) is 0.362. The highest BCUT2D eigenvalue weighted by molar-refractivity contribution is 7.89. The Morgan fingerprint density at radius 1 is 0.974 bits per heavy atom. The average molecular weight is 548 g/mol. The Bertz CT molecular complexity index is 1490. The van der Waals surface area contributed by atoms with Crippen molar-refractivity contribution in [2.45, 2.75) is 56.5 Å². The second-order valence-electron chi connectivity index (χ2n) is 10.2. The molecule has 0 spiro atoms. The van der Waals surface area contributed by atoms with Crippen LogP contribution < -0.4 is 4.74 Å². The lowest BCUT2D eigenvalue weighted by atomic mass is 9.84. The number of ether oxygens (including phenoxy) is 2. The molecule has 0 fully saturated rings. The SMILES string of the molecule is COc1cccc(C(=O)O[C@@]2(C(F)(F)F)c3cc(C(C)(C)C)ccc3S(=O)(=O)N2Cc2ccccc2C)c1. The summed E-state index contributed by atoms with van der Waals surface area (Å²) in [5, 5.41) is 0. The molecule has 1 heterocycles. The molecule has 0 unspecified atom stereocenters. The Morgan fingerprint density at radius 3 is 2.26 bits per heavy atom. The molecule has 6 nitrogen and oxygen atoms in total. The lowest BCUT2D eigenvalue weighted by Gasteiger charge is -2.38. The minimum absolute atomic E-state index is 0.221. The van der Waals surface area contributed by atoms with Gasteiger partial charge in [0, 0.05) is 12.1 Å². The van der Waals surface area contributed by atoms with Gasteiger partial charge in [0.15, 0.2) is 0 Å². The molecule has 0 bridgehead atoms. The third kappa shape index (κ3) is 4.56. The number of sulfonamides is 1. The van der Waals surface area contributed by atoms with Crippen LogP contribution in [0.4, 0.5) is 13.2 Å². The number of alkyl halides is 3. The van der Waals surface area contributed by atoms with E-state index in [4.69, 9.17) is 9.47 Å². The van der Waals surface area contributed by atoms with Crippen LogP contribution in [0, 0.1) is 6.92 Å². The zero-order valence-corrected chi connectivity index (χ0v) is 22.4. The van der Waals surface area contributed by atoms with E-state index < -0.39 is 50.3 Å². The van der Waals surface area contributed by atoms with Gasteiger partial charge < -0.3 is 9.47 Å². The van der Waals surface area contributed by atoms with Crippen LogP contribution in [0.1, 0.15) is 53.4 Å². The second-order valence-corrected chi connectivity index (χ2v) is 12.0. The van der Waals surface area contributed by atoms with Crippen LogP contribution in [-0.4, -0.2) is 32.0 Å². The largest absolute Gasteiger partial charge is 0.497 e. The molecule has 0 N–H and O–H groups in total. The number of rotatable bonds is 5. The van der Waals surface area contributed by atoms with Gasteiger partial charge in [0.25, 0.3) is 0 Å². The first kappa shape index (κ1) is 27.7. The molecule has 38 heavy (non-hydrogen) atoms. The predicted molar refractivity (Wildman–Crippen MR) is 135 cm³/mol. The number of esters is 1. The molecular formula is C28H28F3NO5S. The van der Waals surface area contributed by atoms with Crippen molar-refractivity contribution in [3.8, 4) is 5.75 Å². The third-order valence-corrected chi connectivity index (χ3v) is 8.51. The summed E-state index contributed by atoms with van der Waals surface area (Å²) in [5.74, 6) is -1.12. The van der Waals surface area contributed by atoms with Crippen molar-refractivity contribution in [2.24, 2.45) is 0 Å². The molecule has 1 atom stereocenters. The van der Waals surface area contributed by atoms with Gasteiger partial charge in [0.05, 0.1) is 17.6 Å². The number of aryl methyl sites for hydroxylation is 1. The van der Waals surface area contributed by atoms with E-state index in [2.05, 4.69) is 0 Å². The Hall–Kier alpha value is -3.37. The van der Waals surface area contributed by atoms with Gasteiger partial charge in [-0.15, -0.1) is 4.31 Å². The van der Waals surface area contributed by atoms with Crippen LogP contribution in [0.2, 0.25) is 0 Å². The van der Waals surface area contributed by atoms with Crippen LogP contribution in [0.25, 0.3) is 0 Å². The zero-order chi connectivity index (χ0) is 28.1. The number of carbonyl (C=O) groups is 1. The first-order valence-corrected chi connectivity index (χ1v) is 13.2. The molecule has 0 amide bonds. The molecule has 1 aliphatic rings. The van der Waals surface area contributed by atoms with Gasteiger partial charge in [-0.2, -0.15) is 13.2 Å². The van der Waals surface area contributed by atoms with E-state index in [-0.39, 0.29) is 15.6 Å². The third-order valence-electron chi connectivity index (χ3n) is 6.64. The number of halogens is 3. The highest BCUT2D eigenvalue weighted by Crippen LogP contribution is 2.55. The Balaban J connectivity index is 2.01. The highest BCUT2D eigenvalue weighted by atomic mass is 32.2. The van der Waals surface area contributed by atoms with E-state index in [9.17, 15) is 13.2 Å². The highest BCUT2D eigenvalue weighted by Gasteiger charge is 2.72. The van der Waals surface area contributed by atoms with E-state index in [0.29, 0.717) is 16.7 Å². The standard InChI is InChI=1S/C28H28F3NO5S/c1-18-9-6-7-10-20(18)17-32-27(28(29,30)31,37-25(33)19-11-8-12-22(15-19)36-5)23-16-21(26(2,3)4)13-14-24(23)38(32,34)35/h6-16H,17H2,1-5H3/t27-/m1/s1. The molecule has 4 rings (SSSR count). The number of hydrogen-bond donors (Lipinski definition) is 0. The average Bonchev–Trinajstić information content (AvgIpc) is 3.03. The lowest BCUT2D eigenvalue weighted by Crippen LogP contribution is -2.56. The van der Waals surface area contributed by atoms with Crippen molar-refractivity contribution in [1.82, 2.24) is 4.31 Å². The topological polar surface area (TPSA) is 72.9 Å². The molecule has 3 aromatic rings. The molecule has 10 heteroatoms. The number of hydrogen-bond acceptors (Lipinski definition) is 5. The molecule has 0 saturated carbocycles. The number of benzene rings is 3. The van der Waals surface area contributed by atoms with Crippen molar-refractivity contribution in [1.29, 1.82) is 0 Å². The van der Waals surface area contributed by atoms with Gasteiger partial charge in [-0.1, -0.05) is 57.2 Å². The van der Waals surface area contributed by atoms with Gasteiger partial charge in [0.2, 0.25) is 10.0 Å². The summed E-state index contributed by atoms with van der Waals surface area (Å²) in [6.45, 7) is 6.38. The van der Waals surface area contributed by atoms with Crippen LogP contribution >= 0.6 is 0 Å². The fraction of sp³-hybridized carbons (Fsp3) is 0.321. The molecule has 202 valence electrons. The number of fused-ring (bicyclic) bond motifs is 1. The van der Waals surface area contributed by atoms with Crippen LogP contribution in [0.3, 0.4) is 0 Å². The first-order valence-electron chi connectivity index (χ1n) is 11.8. The number of methoxy groups -OCH3 is 1. The van der Waals surface area contributed by atoms with Gasteiger partial charge in [-0.3, -0.25) is 0 Å². The summed E-state index contributed by atoms with van der Waals surface area (Å²) in [6, 6.07) is 15.8. The fourth-order valence-electron chi connectivity index (χ4n) is 4.45. The van der Waals surface area contributed by atoms with Crippen LogP contribution in [0.5, 0.6) is 5.75 Å². The maximum atomic E-state index is 15.3. The van der Waals surface area contributed by atoms with Crippen molar-refractivity contribution in [2.75, 3.05) is 7.11 Å². The Morgan fingerprint density at radius 2 is 1.66 bits per heavy atom. The van der Waals surface area contributed by atoms with Crippen LogP contribution in [-0.2, 0) is 32.4 Å². The van der Waals surface area contributed by atoms with Crippen molar-refractivity contribution in [3.05, 3.63) is 94.5 Å². The van der Waals surface area contributed by atoms with Gasteiger partial charge in [-0.25, -0.2) is 13.2 Å².